The number of aromatic nitrogens is 1. The molecule has 5 nitrogen and oxygen atoms in total. The summed E-state index contributed by atoms with van der Waals surface area (Å²) in [6.45, 7) is 5.47. The van der Waals surface area contributed by atoms with E-state index < -0.39 is 17.5 Å². The maximum atomic E-state index is 13.6. The van der Waals surface area contributed by atoms with Crippen LogP contribution < -0.4 is 10.6 Å². The smallest absolute Gasteiger partial charge is 0.254 e. The van der Waals surface area contributed by atoms with E-state index in [4.69, 9.17) is 0 Å². The molecule has 1 heterocycles. The highest BCUT2D eigenvalue weighted by atomic mass is 19.1. The van der Waals surface area contributed by atoms with Crippen LogP contribution in [0.25, 0.3) is 10.9 Å². The van der Waals surface area contributed by atoms with Gasteiger partial charge in [-0.15, -0.1) is 0 Å². The molecule has 2 amide bonds. The Morgan fingerprint density at radius 2 is 1.87 bits per heavy atom. The molecule has 1 aromatic heterocycles. The Morgan fingerprint density at radius 3 is 2.60 bits per heavy atom. The Balaban J connectivity index is 1.47. The Bertz CT molecular complexity index is 1060. The minimum absolute atomic E-state index is 0.168. The first kappa shape index (κ1) is 21.5. The van der Waals surface area contributed by atoms with E-state index in [1.165, 1.54) is 0 Å². The van der Waals surface area contributed by atoms with E-state index in [1.54, 1.807) is 0 Å². The van der Waals surface area contributed by atoms with Crippen molar-refractivity contribution in [3.63, 3.8) is 0 Å². The van der Waals surface area contributed by atoms with Crippen molar-refractivity contribution in [2.45, 2.75) is 33.2 Å². The molecule has 0 fully saturated rings. The highest BCUT2D eigenvalue weighted by molar-refractivity contribution is 5.95. The number of nitrogens with zero attached hydrogens (tertiary/aromatic N) is 1. The van der Waals surface area contributed by atoms with Crippen LogP contribution in [0.4, 0.5) is 14.5 Å². The van der Waals surface area contributed by atoms with E-state index >= 15 is 0 Å². The van der Waals surface area contributed by atoms with Crippen molar-refractivity contribution in [3.05, 3.63) is 65.9 Å². The molecule has 2 N–H and O–H groups in total. The summed E-state index contributed by atoms with van der Waals surface area (Å²) >= 11 is 0. The van der Waals surface area contributed by atoms with Gasteiger partial charge < -0.3 is 15.2 Å². The molecule has 2 aromatic carbocycles. The van der Waals surface area contributed by atoms with Crippen LogP contribution in [0.15, 0.2) is 48.7 Å². The first-order valence-corrected chi connectivity index (χ1v) is 9.95. The molecule has 0 aliphatic rings. The molecule has 7 heteroatoms. The van der Waals surface area contributed by atoms with Gasteiger partial charge in [0.1, 0.15) is 11.6 Å². The first-order chi connectivity index (χ1) is 14.3. The molecule has 0 radical (unpaired) electrons. The van der Waals surface area contributed by atoms with Crippen LogP contribution in [0.3, 0.4) is 0 Å². The monoisotopic (exact) mass is 413 g/mol. The van der Waals surface area contributed by atoms with Gasteiger partial charge in [-0.2, -0.15) is 0 Å². The van der Waals surface area contributed by atoms with E-state index in [9.17, 15) is 18.4 Å². The number of fused-ring (bicyclic) bond motifs is 1. The van der Waals surface area contributed by atoms with E-state index in [1.807, 2.05) is 30.5 Å². The summed E-state index contributed by atoms with van der Waals surface area (Å²) in [5.74, 6) is -1.92. The van der Waals surface area contributed by atoms with Crippen LogP contribution in [-0.4, -0.2) is 22.9 Å². The van der Waals surface area contributed by atoms with Crippen LogP contribution in [0.2, 0.25) is 0 Å². The van der Waals surface area contributed by atoms with Gasteiger partial charge in [0, 0.05) is 48.4 Å². The van der Waals surface area contributed by atoms with E-state index in [2.05, 4.69) is 29.0 Å². The van der Waals surface area contributed by atoms with Crippen molar-refractivity contribution in [1.29, 1.82) is 0 Å². The third kappa shape index (κ3) is 5.43. The van der Waals surface area contributed by atoms with E-state index in [0.717, 1.165) is 29.6 Å². The molecular weight excluding hydrogens is 388 g/mol. The molecule has 3 rings (SSSR count). The zero-order valence-corrected chi connectivity index (χ0v) is 17.0. The zero-order chi connectivity index (χ0) is 21.7. The SMILES string of the molecule is CC(C)Cn1ccc2cc(NC(=O)CCCNC(=O)c3ccc(F)cc3F)ccc21. The summed E-state index contributed by atoms with van der Waals surface area (Å²) in [5.41, 5.74) is 1.61. The third-order valence-electron chi connectivity index (χ3n) is 4.66. The second kappa shape index (κ2) is 9.52. The van der Waals surface area contributed by atoms with Crippen molar-refractivity contribution >= 4 is 28.4 Å². The topological polar surface area (TPSA) is 63.1 Å². The number of hydrogen-bond acceptors (Lipinski definition) is 2. The maximum Gasteiger partial charge on any atom is 0.254 e. The average Bonchev–Trinajstić information content (AvgIpc) is 3.06. The fourth-order valence-corrected chi connectivity index (χ4v) is 3.27. The van der Waals surface area contributed by atoms with Gasteiger partial charge >= 0.3 is 0 Å². The first-order valence-electron chi connectivity index (χ1n) is 9.95. The minimum Gasteiger partial charge on any atom is -0.352 e. The van der Waals surface area contributed by atoms with Gasteiger partial charge in [0.2, 0.25) is 5.91 Å². The number of halogens is 2. The molecule has 158 valence electrons. The number of hydrogen-bond donors (Lipinski definition) is 2. The Labute approximate surface area is 174 Å². The minimum atomic E-state index is -0.914. The maximum absolute atomic E-state index is 13.6. The summed E-state index contributed by atoms with van der Waals surface area (Å²) in [6, 6.07) is 10.6. The number of nitrogens with one attached hydrogen (secondary N) is 2. The Kier molecular flexibility index (Phi) is 6.82. The second-order valence-corrected chi connectivity index (χ2v) is 7.67. The summed E-state index contributed by atoms with van der Waals surface area (Å²) in [7, 11) is 0. The predicted molar refractivity (Wildman–Crippen MR) is 113 cm³/mol. The molecule has 0 unspecified atom stereocenters. The lowest BCUT2D eigenvalue weighted by Gasteiger charge is -2.10. The van der Waals surface area contributed by atoms with Crippen LogP contribution in [0.1, 0.15) is 37.0 Å². The second-order valence-electron chi connectivity index (χ2n) is 7.67. The quantitative estimate of drug-likeness (QED) is 0.525. The number of carbonyl (C=O) groups excluding carboxylic acids is 2. The van der Waals surface area contributed by atoms with Gasteiger partial charge in [0.25, 0.3) is 5.91 Å². The van der Waals surface area contributed by atoms with Gasteiger partial charge in [0.15, 0.2) is 0 Å². The van der Waals surface area contributed by atoms with E-state index in [-0.39, 0.29) is 24.4 Å². The molecular formula is C23H25F2N3O2. The summed E-state index contributed by atoms with van der Waals surface area (Å²) in [4.78, 5) is 24.1. The van der Waals surface area contributed by atoms with Crippen LogP contribution in [0, 0.1) is 17.6 Å². The van der Waals surface area contributed by atoms with E-state index in [0.29, 0.717) is 24.1 Å². The number of carbonyl (C=O) groups is 2. The molecule has 0 bridgehead atoms. The molecule has 0 aliphatic heterocycles. The molecule has 0 saturated heterocycles. The van der Waals surface area contributed by atoms with Crippen molar-refractivity contribution < 1.29 is 18.4 Å². The van der Waals surface area contributed by atoms with Crippen molar-refractivity contribution in [3.8, 4) is 0 Å². The molecule has 0 spiro atoms. The highest BCUT2D eigenvalue weighted by Gasteiger charge is 2.12. The number of benzene rings is 2. The van der Waals surface area contributed by atoms with Gasteiger partial charge in [0.05, 0.1) is 5.56 Å². The van der Waals surface area contributed by atoms with Gasteiger partial charge in [-0.1, -0.05) is 13.8 Å². The fraction of sp³-hybridized carbons (Fsp3) is 0.304. The highest BCUT2D eigenvalue weighted by Crippen LogP contribution is 2.21. The summed E-state index contributed by atoms with van der Waals surface area (Å²) < 4.78 is 28.7. The molecule has 0 aliphatic carbocycles. The zero-order valence-electron chi connectivity index (χ0n) is 17.0. The van der Waals surface area contributed by atoms with Gasteiger partial charge in [-0.05, 0) is 48.7 Å². The summed E-state index contributed by atoms with van der Waals surface area (Å²) in [6.07, 6.45) is 2.65. The van der Waals surface area contributed by atoms with Crippen molar-refractivity contribution in [2.24, 2.45) is 5.92 Å². The number of amides is 2. The standard InChI is InChI=1S/C23H25F2N3O2/c1-15(2)14-28-11-9-16-12-18(6-8-21(16)28)27-22(29)4-3-10-26-23(30)19-7-5-17(24)13-20(19)25/h5-9,11-13,15H,3-4,10,14H2,1-2H3,(H,26,30)(H,27,29). The fourth-order valence-electron chi connectivity index (χ4n) is 3.27. The van der Waals surface area contributed by atoms with Crippen molar-refractivity contribution in [1.82, 2.24) is 9.88 Å². The Hall–Kier alpha value is -3.22. The normalized spacial score (nSPS) is 11.1. The molecule has 0 atom stereocenters. The molecule has 0 saturated carbocycles. The van der Waals surface area contributed by atoms with Gasteiger partial charge in [-0.25, -0.2) is 8.78 Å². The van der Waals surface area contributed by atoms with Crippen LogP contribution in [0.5, 0.6) is 0 Å². The predicted octanol–water partition coefficient (Wildman–Crippen LogP) is 4.72. The van der Waals surface area contributed by atoms with Gasteiger partial charge in [-0.3, -0.25) is 9.59 Å². The van der Waals surface area contributed by atoms with Crippen molar-refractivity contribution in [2.75, 3.05) is 11.9 Å². The number of anilines is 1. The average molecular weight is 413 g/mol. The van der Waals surface area contributed by atoms with Crippen LogP contribution in [-0.2, 0) is 11.3 Å². The third-order valence-corrected chi connectivity index (χ3v) is 4.66. The Morgan fingerprint density at radius 1 is 1.07 bits per heavy atom. The molecule has 30 heavy (non-hydrogen) atoms. The number of rotatable bonds is 8. The lowest BCUT2D eigenvalue weighted by atomic mass is 10.2. The van der Waals surface area contributed by atoms with Crippen LogP contribution >= 0.6 is 0 Å². The lowest BCUT2D eigenvalue weighted by molar-refractivity contribution is -0.116. The summed E-state index contributed by atoms with van der Waals surface area (Å²) in [5, 5.41) is 6.45. The molecule has 3 aromatic rings. The largest absolute Gasteiger partial charge is 0.352 e. The lowest BCUT2D eigenvalue weighted by Crippen LogP contribution is -2.26.